The van der Waals surface area contributed by atoms with E-state index < -0.39 is 0 Å². The molecule has 2 rings (SSSR count). The Hall–Kier alpha value is -2.44. The van der Waals surface area contributed by atoms with Crippen molar-refractivity contribution in [3.63, 3.8) is 0 Å². The van der Waals surface area contributed by atoms with E-state index in [1.54, 1.807) is 17.7 Å². The summed E-state index contributed by atoms with van der Waals surface area (Å²) in [5, 5.41) is 11.2. The summed E-state index contributed by atoms with van der Waals surface area (Å²) in [6.07, 6.45) is 1.62. The molecule has 1 aromatic rings. The number of nitrogens with zero attached hydrogens (tertiary/aromatic N) is 3. The third-order valence-corrected chi connectivity index (χ3v) is 3.83. The van der Waals surface area contributed by atoms with E-state index in [4.69, 9.17) is 5.41 Å². The molecule has 2 N–H and O–H groups in total. The van der Waals surface area contributed by atoms with Crippen LogP contribution in [0.5, 0.6) is 0 Å². The third kappa shape index (κ3) is 3.04. The average molecular weight is 317 g/mol. The van der Waals surface area contributed by atoms with Gasteiger partial charge in [0.2, 0.25) is 0 Å². The summed E-state index contributed by atoms with van der Waals surface area (Å²) in [4.78, 5) is 28.7. The molecule has 0 atom stereocenters. The van der Waals surface area contributed by atoms with Crippen molar-refractivity contribution in [2.24, 2.45) is 4.99 Å². The first kappa shape index (κ1) is 16.9. The van der Waals surface area contributed by atoms with Gasteiger partial charge in [0.1, 0.15) is 0 Å². The maximum atomic E-state index is 12.6. The Kier molecular flexibility index (Phi) is 4.98. The molecule has 0 saturated heterocycles. The van der Waals surface area contributed by atoms with Gasteiger partial charge in [0.15, 0.2) is 17.3 Å². The van der Waals surface area contributed by atoms with Crippen LogP contribution in [0.25, 0.3) is 0 Å². The lowest BCUT2D eigenvalue weighted by Crippen LogP contribution is -2.23. The highest BCUT2D eigenvalue weighted by atomic mass is 16.1. The fourth-order valence-electron chi connectivity index (χ4n) is 2.65. The number of aliphatic imine (C=N–C) groups is 1. The first-order chi connectivity index (χ1) is 10.9. The molecule has 1 heterocycles. The van der Waals surface area contributed by atoms with Crippen molar-refractivity contribution in [2.45, 2.75) is 47.2 Å². The van der Waals surface area contributed by atoms with E-state index in [9.17, 15) is 9.59 Å². The van der Waals surface area contributed by atoms with Crippen LogP contribution in [0.4, 0.5) is 11.5 Å². The van der Waals surface area contributed by atoms with Crippen molar-refractivity contribution in [3.8, 4) is 0 Å². The number of nitrogens with one attached hydrogen (secondary N) is 2. The fraction of sp³-hybridized carbons (Fsp3) is 0.500. The van der Waals surface area contributed by atoms with E-state index >= 15 is 0 Å². The zero-order valence-electron chi connectivity index (χ0n) is 14.1. The fourth-order valence-corrected chi connectivity index (χ4v) is 2.65. The van der Waals surface area contributed by atoms with E-state index in [1.165, 1.54) is 0 Å². The van der Waals surface area contributed by atoms with Crippen molar-refractivity contribution >= 4 is 28.7 Å². The minimum absolute atomic E-state index is 0.0359. The van der Waals surface area contributed by atoms with Gasteiger partial charge < -0.3 is 10.7 Å². The van der Waals surface area contributed by atoms with Gasteiger partial charge in [0.05, 0.1) is 17.8 Å². The summed E-state index contributed by atoms with van der Waals surface area (Å²) >= 11 is 0. The monoisotopic (exact) mass is 317 g/mol. The molecule has 124 valence electrons. The summed E-state index contributed by atoms with van der Waals surface area (Å²) in [5.74, 6) is 0.586. The van der Waals surface area contributed by atoms with Crippen LogP contribution < -0.4 is 10.9 Å². The maximum absolute atomic E-state index is 12.6. The van der Waals surface area contributed by atoms with Gasteiger partial charge in [-0.3, -0.25) is 14.3 Å². The van der Waals surface area contributed by atoms with Crippen molar-refractivity contribution in [1.82, 2.24) is 9.36 Å². The number of ketones is 1. The Balaban J connectivity index is 2.66. The minimum Gasteiger partial charge on any atom is -0.369 e. The maximum Gasteiger partial charge on any atom is 0.294 e. The number of hydrogen-bond donors (Lipinski definition) is 2. The highest BCUT2D eigenvalue weighted by Crippen LogP contribution is 2.23. The van der Waals surface area contributed by atoms with Crippen LogP contribution in [0.3, 0.4) is 0 Å². The molecule has 23 heavy (non-hydrogen) atoms. The van der Waals surface area contributed by atoms with Gasteiger partial charge in [-0.25, -0.2) is 9.67 Å². The molecule has 0 radical (unpaired) electrons. The van der Waals surface area contributed by atoms with Crippen LogP contribution in [0.15, 0.2) is 21.4 Å². The number of Topliss-reactive ketones (excluding diaryl/α,β-unsaturated/α-hetero) is 1. The van der Waals surface area contributed by atoms with Crippen LogP contribution in [-0.2, 0) is 17.9 Å². The zero-order chi connectivity index (χ0) is 17.1. The number of aromatic nitrogens is 2. The lowest BCUT2D eigenvalue weighted by molar-refractivity contribution is -0.114. The standard InChI is InChI=1S/C16H23N5O2/c1-5-18-15-14(16(23)21(7-3)20(15)6-2)19-12-8-10(4)13(22)9-11(12)17/h8,17-18H,5-7,9H2,1-4H3. The lowest BCUT2D eigenvalue weighted by Gasteiger charge is -2.13. The molecule has 0 spiro atoms. The van der Waals surface area contributed by atoms with E-state index in [1.807, 2.05) is 25.5 Å². The van der Waals surface area contributed by atoms with Crippen LogP contribution in [0.1, 0.15) is 34.1 Å². The SMILES string of the molecule is CCNc1c(N=C2C=C(C)C(=O)CC2=N)c(=O)n(CC)n1CC. The van der Waals surface area contributed by atoms with Gasteiger partial charge in [-0.15, -0.1) is 0 Å². The molecule has 1 aromatic heterocycles. The summed E-state index contributed by atoms with van der Waals surface area (Å²) in [6.45, 7) is 9.38. The predicted octanol–water partition coefficient (Wildman–Crippen LogP) is 2.13. The second-order valence-electron chi connectivity index (χ2n) is 5.37. The first-order valence-corrected chi connectivity index (χ1v) is 7.89. The van der Waals surface area contributed by atoms with Gasteiger partial charge in [-0.05, 0) is 39.3 Å². The zero-order valence-corrected chi connectivity index (χ0v) is 14.1. The van der Waals surface area contributed by atoms with E-state index in [0.717, 1.165) is 0 Å². The van der Waals surface area contributed by atoms with E-state index in [-0.39, 0.29) is 23.5 Å². The molecule has 1 aliphatic carbocycles. The lowest BCUT2D eigenvalue weighted by atomic mass is 9.96. The van der Waals surface area contributed by atoms with Crippen molar-refractivity contribution in [2.75, 3.05) is 11.9 Å². The summed E-state index contributed by atoms with van der Waals surface area (Å²) in [6, 6.07) is 0. The summed E-state index contributed by atoms with van der Waals surface area (Å²) in [7, 11) is 0. The van der Waals surface area contributed by atoms with Gasteiger partial charge in [0, 0.05) is 19.6 Å². The number of carbonyl (C=O) groups is 1. The Morgan fingerprint density at radius 2 is 1.87 bits per heavy atom. The van der Waals surface area contributed by atoms with Gasteiger partial charge >= 0.3 is 0 Å². The Morgan fingerprint density at radius 3 is 2.43 bits per heavy atom. The molecule has 7 nitrogen and oxygen atoms in total. The van der Waals surface area contributed by atoms with Crippen molar-refractivity contribution in [3.05, 3.63) is 22.0 Å². The molecule has 0 fully saturated rings. The molecular weight excluding hydrogens is 294 g/mol. The Morgan fingerprint density at radius 1 is 1.22 bits per heavy atom. The molecule has 0 bridgehead atoms. The quantitative estimate of drug-likeness (QED) is 0.871. The van der Waals surface area contributed by atoms with Crippen LogP contribution in [0.2, 0.25) is 0 Å². The highest BCUT2D eigenvalue weighted by Gasteiger charge is 2.22. The Labute approximate surface area is 135 Å². The predicted molar refractivity (Wildman–Crippen MR) is 92.4 cm³/mol. The van der Waals surface area contributed by atoms with Crippen LogP contribution in [0, 0.1) is 5.41 Å². The largest absolute Gasteiger partial charge is 0.369 e. The smallest absolute Gasteiger partial charge is 0.294 e. The minimum atomic E-state index is -0.187. The molecule has 0 saturated carbocycles. The van der Waals surface area contributed by atoms with Crippen molar-refractivity contribution < 1.29 is 4.79 Å². The van der Waals surface area contributed by atoms with Crippen LogP contribution >= 0.6 is 0 Å². The first-order valence-electron chi connectivity index (χ1n) is 7.89. The second-order valence-corrected chi connectivity index (χ2v) is 5.37. The molecule has 0 unspecified atom stereocenters. The normalized spacial score (nSPS) is 16.9. The number of rotatable bonds is 5. The van der Waals surface area contributed by atoms with Gasteiger partial charge in [-0.1, -0.05) is 0 Å². The number of carbonyl (C=O) groups excluding carboxylic acids is 1. The summed E-state index contributed by atoms with van der Waals surface area (Å²) < 4.78 is 3.49. The molecule has 0 aromatic carbocycles. The molecule has 0 amide bonds. The number of hydrogen-bond acceptors (Lipinski definition) is 5. The molecule has 0 aliphatic heterocycles. The molecule has 1 aliphatic rings. The highest BCUT2D eigenvalue weighted by molar-refractivity contribution is 6.51. The topological polar surface area (TPSA) is 92.2 Å². The third-order valence-electron chi connectivity index (χ3n) is 3.83. The van der Waals surface area contributed by atoms with Gasteiger partial charge in [0.25, 0.3) is 5.56 Å². The second kappa shape index (κ2) is 6.76. The summed E-state index contributed by atoms with van der Waals surface area (Å²) in [5.41, 5.74) is 1.21. The van der Waals surface area contributed by atoms with Crippen LogP contribution in [-0.4, -0.2) is 33.1 Å². The Bertz CT molecular complexity index is 764. The van der Waals surface area contributed by atoms with Crippen molar-refractivity contribution in [1.29, 1.82) is 5.41 Å². The average Bonchev–Trinajstić information content (AvgIpc) is 2.77. The van der Waals surface area contributed by atoms with Gasteiger partial charge in [-0.2, -0.15) is 0 Å². The number of allylic oxidation sites excluding steroid dienone is 2. The number of anilines is 1. The van der Waals surface area contributed by atoms with E-state index in [2.05, 4.69) is 10.3 Å². The molecule has 7 heteroatoms. The van der Waals surface area contributed by atoms with E-state index in [0.29, 0.717) is 42.4 Å². The molecular formula is C16H23N5O2.